The van der Waals surface area contributed by atoms with E-state index in [0.29, 0.717) is 39.5 Å². The average Bonchev–Trinajstić information content (AvgIpc) is 2.70. The van der Waals surface area contributed by atoms with Gasteiger partial charge in [0.05, 0.1) is 7.14 Å². The number of hydrogen-bond acceptors (Lipinski definition) is 5. The highest BCUT2D eigenvalue weighted by atomic mass is 127. The maximum absolute atomic E-state index is 12.6. The zero-order chi connectivity index (χ0) is 25.0. The Balaban J connectivity index is 2.53. The van der Waals surface area contributed by atoms with Gasteiger partial charge in [0.2, 0.25) is 11.8 Å². The Morgan fingerprint density at radius 3 is 2.24 bits per heavy atom. The van der Waals surface area contributed by atoms with Gasteiger partial charge in [0.25, 0.3) is 0 Å². The second-order valence-corrected chi connectivity index (χ2v) is 11.1. The normalized spacial score (nSPS) is 12.1. The van der Waals surface area contributed by atoms with Crippen molar-refractivity contribution in [3.05, 3.63) is 24.8 Å². The summed E-state index contributed by atoms with van der Waals surface area (Å²) in [6, 6.07) is 2.96. The number of rotatable bonds is 12. The molecule has 4 N–H and O–H groups in total. The van der Waals surface area contributed by atoms with Crippen LogP contribution >= 0.6 is 45.2 Å². The van der Waals surface area contributed by atoms with E-state index in [0.717, 1.165) is 24.8 Å². The molecule has 0 aliphatic rings. The molecule has 0 saturated carbocycles. The lowest BCUT2D eigenvalue weighted by Crippen LogP contribution is -2.48. The van der Waals surface area contributed by atoms with Gasteiger partial charge in [-0.25, -0.2) is 4.79 Å². The molecule has 0 saturated heterocycles. The van der Waals surface area contributed by atoms with Crippen molar-refractivity contribution in [3.8, 4) is 5.75 Å². The summed E-state index contributed by atoms with van der Waals surface area (Å²) in [5.74, 6) is -0.183. The van der Waals surface area contributed by atoms with Crippen LogP contribution in [-0.4, -0.2) is 47.7 Å². The first kappa shape index (κ1) is 29.7. The second-order valence-electron chi connectivity index (χ2n) is 8.76. The topological polar surface area (TPSA) is 117 Å². The standard InChI is InChI=1S/C23H35I2N3O5/c1-5-10-26-21(31)18(14-15-12-16(24)20(30)17(25)13-15)28-19(29)9-7-6-8-11-27-22(32)33-23(2,3)4/h12-13,18,30H,5-11,14H2,1-4H3,(H,26,31)(H,27,32)(H,28,29). The summed E-state index contributed by atoms with van der Waals surface area (Å²) in [7, 11) is 0. The maximum Gasteiger partial charge on any atom is 0.407 e. The fourth-order valence-electron chi connectivity index (χ4n) is 2.91. The molecule has 0 fully saturated rings. The highest BCUT2D eigenvalue weighted by Crippen LogP contribution is 2.27. The van der Waals surface area contributed by atoms with Crippen LogP contribution in [0.2, 0.25) is 0 Å². The first-order valence-electron chi connectivity index (χ1n) is 11.1. The summed E-state index contributed by atoms with van der Waals surface area (Å²) < 4.78 is 6.58. The van der Waals surface area contributed by atoms with E-state index in [1.807, 2.05) is 39.8 Å². The lowest BCUT2D eigenvalue weighted by molar-refractivity contribution is -0.129. The predicted molar refractivity (Wildman–Crippen MR) is 145 cm³/mol. The van der Waals surface area contributed by atoms with Crippen molar-refractivity contribution in [2.24, 2.45) is 0 Å². The van der Waals surface area contributed by atoms with Crippen molar-refractivity contribution in [3.63, 3.8) is 0 Å². The van der Waals surface area contributed by atoms with Gasteiger partial charge in [-0.1, -0.05) is 13.3 Å². The zero-order valence-corrected chi connectivity index (χ0v) is 24.0. The third-order valence-corrected chi connectivity index (χ3v) is 6.11. The molecular formula is C23H35I2N3O5. The monoisotopic (exact) mass is 687 g/mol. The average molecular weight is 687 g/mol. The number of benzene rings is 1. The molecule has 1 aromatic carbocycles. The number of phenolic OH excluding ortho intramolecular Hbond substituents is 1. The molecule has 1 atom stereocenters. The van der Waals surface area contributed by atoms with Gasteiger partial charge in [-0.3, -0.25) is 9.59 Å². The number of phenols is 1. The first-order valence-corrected chi connectivity index (χ1v) is 13.3. The minimum atomic E-state index is -0.686. The molecule has 0 spiro atoms. The Morgan fingerprint density at radius 2 is 1.67 bits per heavy atom. The Morgan fingerprint density at radius 1 is 1.03 bits per heavy atom. The van der Waals surface area contributed by atoms with Gasteiger partial charge in [-0.05, 0) is 103 Å². The number of aromatic hydroxyl groups is 1. The van der Waals surface area contributed by atoms with Crippen molar-refractivity contribution in [1.29, 1.82) is 0 Å². The number of unbranched alkanes of at least 4 members (excludes halogenated alkanes) is 2. The van der Waals surface area contributed by atoms with Gasteiger partial charge in [0, 0.05) is 25.9 Å². The van der Waals surface area contributed by atoms with Crippen LogP contribution in [-0.2, 0) is 20.7 Å². The van der Waals surface area contributed by atoms with E-state index in [1.54, 1.807) is 0 Å². The second kappa shape index (κ2) is 14.8. The van der Waals surface area contributed by atoms with Crippen LogP contribution in [0.15, 0.2) is 12.1 Å². The Labute approximate surface area is 223 Å². The van der Waals surface area contributed by atoms with Crippen LogP contribution < -0.4 is 16.0 Å². The smallest absolute Gasteiger partial charge is 0.407 e. The molecule has 10 heteroatoms. The molecular weight excluding hydrogens is 652 g/mol. The van der Waals surface area contributed by atoms with Crippen LogP contribution in [0.3, 0.4) is 0 Å². The molecule has 33 heavy (non-hydrogen) atoms. The van der Waals surface area contributed by atoms with Crippen molar-refractivity contribution in [2.45, 2.75) is 77.9 Å². The number of nitrogens with one attached hydrogen (secondary N) is 3. The van der Waals surface area contributed by atoms with Crippen molar-refractivity contribution in [2.75, 3.05) is 13.1 Å². The quantitative estimate of drug-likeness (QED) is 0.194. The first-order chi connectivity index (χ1) is 15.4. The molecule has 3 amide bonds. The summed E-state index contributed by atoms with van der Waals surface area (Å²) in [4.78, 5) is 36.7. The van der Waals surface area contributed by atoms with Crippen LogP contribution in [0.4, 0.5) is 4.79 Å². The van der Waals surface area contributed by atoms with Crippen LogP contribution in [0.1, 0.15) is 65.4 Å². The highest BCUT2D eigenvalue weighted by Gasteiger charge is 2.22. The summed E-state index contributed by atoms with van der Waals surface area (Å²) in [6.45, 7) is 8.42. The SMILES string of the molecule is CCCNC(=O)C(Cc1cc(I)c(O)c(I)c1)NC(=O)CCCCCNC(=O)OC(C)(C)C. The van der Waals surface area contributed by atoms with Crippen molar-refractivity contribution < 1.29 is 24.2 Å². The lowest BCUT2D eigenvalue weighted by atomic mass is 10.0. The molecule has 1 unspecified atom stereocenters. The van der Waals surface area contributed by atoms with Gasteiger partial charge in [-0.15, -0.1) is 0 Å². The van der Waals surface area contributed by atoms with E-state index in [2.05, 4.69) is 61.1 Å². The molecule has 1 rings (SSSR count). The Kier molecular flexibility index (Phi) is 13.4. The molecule has 0 aliphatic carbocycles. The van der Waals surface area contributed by atoms with E-state index in [4.69, 9.17) is 4.74 Å². The summed E-state index contributed by atoms with van der Waals surface area (Å²) in [5.41, 5.74) is 0.338. The van der Waals surface area contributed by atoms with E-state index in [1.165, 1.54) is 0 Å². The van der Waals surface area contributed by atoms with Crippen molar-refractivity contribution in [1.82, 2.24) is 16.0 Å². The number of amides is 3. The molecule has 8 nitrogen and oxygen atoms in total. The third-order valence-electron chi connectivity index (χ3n) is 4.47. The van der Waals surface area contributed by atoms with E-state index >= 15 is 0 Å². The number of hydrogen-bond donors (Lipinski definition) is 4. The van der Waals surface area contributed by atoms with E-state index in [-0.39, 0.29) is 17.6 Å². The van der Waals surface area contributed by atoms with Gasteiger partial charge < -0.3 is 25.8 Å². The van der Waals surface area contributed by atoms with Gasteiger partial charge in [0.1, 0.15) is 17.4 Å². The number of carbonyl (C=O) groups excluding carboxylic acids is 3. The molecule has 0 aliphatic heterocycles. The highest BCUT2D eigenvalue weighted by molar-refractivity contribution is 14.1. The van der Waals surface area contributed by atoms with Crippen LogP contribution in [0, 0.1) is 7.14 Å². The molecule has 186 valence electrons. The third kappa shape index (κ3) is 12.6. The van der Waals surface area contributed by atoms with Gasteiger partial charge >= 0.3 is 6.09 Å². The zero-order valence-electron chi connectivity index (χ0n) is 19.7. The summed E-state index contributed by atoms with van der Waals surface area (Å²) in [6.07, 6.45) is 3.15. The summed E-state index contributed by atoms with van der Waals surface area (Å²) in [5, 5.41) is 18.4. The van der Waals surface area contributed by atoms with E-state index < -0.39 is 17.7 Å². The van der Waals surface area contributed by atoms with Gasteiger partial charge in [0.15, 0.2) is 0 Å². The fourth-order valence-corrected chi connectivity index (χ4v) is 4.81. The maximum atomic E-state index is 12.6. The Hall–Kier alpha value is -1.31. The van der Waals surface area contributed by atoms with Crippen LogP contribution in [0.5, 0.6) is 5.75 Å². The largest absolute Gasteiger partial charge is 0.506 e. The Bertz CT molecular complexity index is 789. The van der Waals surface area contributed by atoms with Gasteiger partial charge in [-0.2, -0.15) is 0 Å². The number of halogens is 2. The van der Waals surface area contributed by atoms with E-state index in [9.17, 15) is 19.5 Å². The van der Waals surface area contributed by atoms with Crippen molar-refractivity contribution >= 4 is 63.1 Å². The molecule has 1 aromatic rings. The predicted octanol–water partition coefficient (Wildman–Crippen LogP) is 4.24. The minimum absolute atomic E-state index is 0.185. The number of carbonyl (C=O) groups is 3. The lowest BCUT2D eigenvalue weighted by Gasteiger charge is -2.20. The molecule has 0 bridgehead atoms. The van der Waals surface area contributed by atoms with Crippen LogP contribution in [0.25, 0.3) is 0 Å². The molecule has 0 heterocycles. The minimum Gasteiger partial charge on any atom is -0.506 e. The molecule has 0 radical (unpaired) electrons. The number of ether oxygens (including phenoxy) is 1. The number of alkyl carbamates (subject to hydrolysis) is 1. The fraction of sp³-hybridized carbons (Fsp3) is 0.609. The molecule has 0 aromatic heterocycles. The summed E-state index contributed by atoms with van der Waals surface area (Å²) >= 11 is 4.10.